The molecule has 4 rings (SSSR count). The Balaban J connectivity index is 1.78. The second-order valence-corrected chi connectivity index (χ2v) is 9.42. The molecule has 11 heteroatoms. The van der Waals surface area contributed by atoms with Gasteiger partial charge in [0.1, 0.15) is 5.69 Å². The van der Waals surface area contributed by atoms with Crippen LogP contribution in [0.4, 0.5) is 17.1 Å². The number of nitro groups is 1. The maximum atomic E-state index is 12.0. The summed E-state index contributed by atoms with van der Waals surface area (Å²) < 4.78 is 28.8. The maximum Gasteiger partial charge on any atom is 0.323 e. The number of nitro benzene ring substituents is 1. The van der Waals surface area contributed by atoms with Crippen LogP contribution in [0.15, 0.2) is 41.0 Å². The van der Waals surface area contributed by atoms with Gasteiger partial charge in [-0.3, -0.25) is 10.1 Å². The van der Waals surface area contributed by atoms with E-state index in [1.807, 2.05) is 42.2 Å². The number of aromatic nitrogens is 2. The van der Waals surface area contributed by atoms with Crippen LogP contribution in [-0.2, 0) is 16.4 Å². The van der Waals surface area contributed by atoms with Crippen LogP contribution in [0.5, 0.6) is 0 Å². The van der Waals surface area contributed by atoms with E-state index in [-0.39, 0.29) is 40.0 Å². The molecular formula is C19H21N5O5S. The summed E-state index contributed by atoms with van der Waals surface area (Å²) in [6.45, 7) is 2.79. The van der Waals surface area contributed by atoms with E-state index in [9.17, 15) is 18.5 Å². The van der Waals surface area contributed by atoms with Crippen LogP contribution in [0.25, 0.3) is 11.0 Å². The van der Waals surface area contributed by atoms with Crippen LogP contribution in [0.2, 0.25) is 0 Å². The predicted octanol–water partition coefficient (Wildman–Crippen LogP) is 2.76. The first-order chi connectivity index (χ1) is 14.4. The number of rotatable bonds is 7. The second kappa shape index (κ2) is 7.90. The van der Waals surface area contributed by atoms with Crippen LogP contribution in [0.1, 0.15) is 18.9 Å². The summed E-state index contributed by atoms with van der Waals surface area (Å²) in [6.07, 6.45) is 0.493. The van der Waals surface area contributed by atoms with Gasteiger partial charge in [-0.1, -0.05) is 30.3 Å². The maximum absolute atomic E-state index is 12.0. The van der Waals surface area contributed by atoms with Crippen molar-refractivity contribution < 1.29 is 18.0 Å². The molecular weight excluding hydrogens is 410 g/mol. The fraction of sp³-hybridized carbons (Fsp3) is 0.368. The lowest BCUT2D eigenvalue weighted by molar-refractivity contribution is -0.382. The summed E-state index contributed by atoms with van der Waals surface area (Å²) in [5.74, 6) is 0.165. The highest BCUT2D eigenvalue weighted by Crippen LogP contribution is 2.40. The van der Waals surface area contributed by atoms with Crippen LogP contribution >= 0.6 is 0 Å². The van der Waals surface area contributed by atoms with Crippen LogP contribution in [-0.4, -0.2) is 47.7 Å². The van der Waals surface area contributed by atoms with E-state index in [0.29, 0.717) is 25.2 Å². The van der Waals surface area contributed by atoms with Crippen LogP contribution in [0, 0.1) is 10.1 Å². The zero-order valence-electron chi connectivity index (χ0n) is 16.3. The third-order valence-electron chi connectivity index (χ3n) is 5.30. The average Bonchev–Trinajstić information content (AvgIpc) is 3.34. The van der Waals surface area contributed by atoms with E-state index in [0.717, 1.165) is 5.56 Å². The minimum atomic E-state index is -3.10. The minimum Gasteiger partial charge on any atom is -0.375 e. The third kappa shape index (κ3) is 3.80. The minimum absolute atomic E-state index is 0.0346. The lowest BCUT2D eigenvalue weighted by Gasteiger charge is -2.29. The number of nitrogens with zero attached hydrogens (tertiary/aromatic N) is 4. The number of fused-ring (bicyclic) bond motifs is 1. The lowest BCUT2D eigenvalue weighted by Crippen LogP contribution is -2.36. The molecule has 0 bridgehead atoms. The third-order valence-corrected chi connectivity index (χ3v) is 7.05. The van der Waals surface area contributed by atoms with Gasteiger partial charge in [-0.05, 0) is 35.3 Å². The molecule has 0 spiro atoms. The first-order valence-corrected chi connectivity index (χ1v) is 11.4. The van der Waals surface area contributed by atoms with Gasteiger partial charge in [0.05, 0.1) is 22.1 Å². The first-order valence-electron chi connectivity index (χ1n) is 9.58. The van der Waals surface area contributed by atoms with Gasteiger partial charge in [0, 0.05) is 19.1 Å². The lowest BCUT2D eigenvalue weighted by atomic mass is 10.1. The molecule has 1 atom stereocenters. The van der Waals surface area contributed by atoms with Gasteiger partial charge in [0.2, 0.25) is 5.52 Å². The fourth-order valence-electron chi connectivity index (χ4n) is 3.89. The number of nitrogens with one attached hydrogen (secondary N) is 1. The number of anilines is 2. The van der Waals surface area contributed by atoms with Crippen molar-refractivity contribution in [3.8, 4) is 0 Å². The number of benzene rings is 2. The Hall–Kier alpha value is -3.21. The molecule has 1 aliphatic heterocycles. The van der Waals surface area contributed by atoms with Crippen molar-refractivity contribution in [2.75, 3.05) is 28.3 Å². The standard InChI is InChI=1S/C19H21N5O5S/c1-2-23(14-8-9-30(27,28)12-14)16-10-15(20-11-13-6-4-3-5-7-13)19(24(25)26)18-17(16)21-29-22-18/h3-7,10,14,20H,2,8-9,11-12H2,1H3. The molecule has 0 aliphatic carbocycles. The fourth-order valence-corrected chi connectivity index (χ4v) is 5.62. The van der Waals surface area contributed by atoms with Gasteiger partial charge in [-0.15, -0.1) is 0 Å². The summed E-state index contributed by atoms with van der Waals surface area (Å²) in [5, 5.41) is 22.6. The highest BCUT2D eigenvalue weighted by Gasteiger charge is 2.35. The van der Waals surface area contributed by atoms with Crippen LogP contribution in [0.3, 0.4) is 0 Å². The van der Waals surface area contributed by atoms with Crippen LogP contribution < -0.4 is 10.2 Å². The highest BCUT2D eigenvalue weighted by molar-refractivity contribution is 7.91. The smallest absolute Gasteiger partial charge is 0.323 e. The van der Waals surface area contributed by atoms with E-state index in [1.165, 1.54) is 0 Å². The Labute approximate surface area is 172 Å². The Morgan fingerprint density at radius 1 is 1.27 bits per heavy atom. The van der Waals surface area contributed by atoms with Gasteiger partial charge < -0.3 is 10.2 Å². The van der Waals surface area contributed by atoms with Crippen molar-refractivity contribution in [3.05, 3.63) is 52.1 Å². The average molecular weight is 431 g/mol. The molecule has 0 amide bonds. The number of hydrogen-bond acceptors (Lipinski definition) is 9. The molecule has 1 saturated heterocycles. The molecule has 1 aliphatic rings. The van der Waals surface area contributed by atoms with Crippen molar-refractivity contribution in [2.24, 2.45) is 0 Å². The molecule has 0 saturated carbocycles. The molecule has 1 N–H and O–H groups in total. The van der Waals surface area contributed by atoms with E-state index >= 15 is 0 Å². The number of hydrogen-bond donors (Lipinski definition) is 1. The first kappa shape index (κ1) is 20.1. The molecule has 30 heavy (non-hydrogen) atoms. The molecule has 2 heterocycles. The Bertz CT molecular complexity index is 1180. The largest absolute Gasteiger partial charge is 0.375 e. The predicted molar refractivity (Wildman–Crippen MR) is 112 cm³/mol. The molecule has 10 nitrogen and oxygen atoms in total. The van der Waals surface area contributed by atoms with E-state index in [4.69, 9.17) is 4.63 Å². The summed E-state index contributed by atoms with van der Waals surface area (Å²) >= 11 is 0. The van der Waals surface area contributed by atoms with Gasteiger partial charge in [-0.2, -0.15) is 0 Å². The van der Waals surface area contributed by atoms with Gasteiger partial charge in [-0.25, -0.2) is 13.0 Å². The van der Waals surface area contributed by atoms with Crippen molar-refractivity contribution in [3.63, 3.8) is 0 Å². The van der Waals surface area contributed by atoms with Crippen molar-refractivity contribution in [1.82, 2.24) is 10.3 Å². The molecule has 158 valence electrons. The molecule has 0 radical (unpaired) electrons. The summed E-state index contributed by atoms with van der Waals surface area (Å²) in [4.78, 5) is 13.2. The molecule has 1 aromatic heterocycles. The highest BCUT2D eigenvalue weighted by atomic mass is 32.2. The van der Waals surface area contributed by atoms with Crippen molar-refractivity contribution >= 4 is 37.9 Å². The van der Waals surface area contributed by atoms with Gasteiger partial charge in [0.15, 0.2) is 15.4 Å². The SMILES string of the molecule is CCN(c1cc(NCc2ccccc2)c([N+](=O)[O-])c2nonc12)C1CCS(=O)(=O)C1. The quantitative estimate of drug-likeness (QED) is 0.443. The topological polar surface area (TPSA) is 131 Å². The van der Waals surface area contributed by atoms with Crippen molar-refractivity contribution in [2.45, 2.75) is 25.9 Å². The Morgan fingerprint density at radius 2 is 2.00 bits per heavy atom. The Kier molecular flexibility index (Phi) is 5.29. The second-order valence-electron chi connectivity index (χ2n) is 7.19. The van der Waals surface area contributed by atoms with E-state index in [1.54, 1.807) is 6.07 Å². The molecule has 3 aromatic rings. The Morgan fingerprint density at radius 3 is 2.63 bits per heavy atom. The molecule has 1 fully saturated rings. The monoisotopic (exact) mass is 431 g/mol. The molecule has 2 aromatic carbocycles. The molecule has 1 unspecified atom stereocenters. The number of sulfone groups is 1. The summed E-state index contributed by atoms with van der Waals surface area (Å²) in [6, 6.07) is 10.9. The van der Waals surface area contributed by atoms with Crippen molar-refractivity contribution in [1.29, 1.82) is 0 Å². The van der Waals surface area contributed by atoms with Gasteiger partial charge >= 0.3 is 5.69 Å². The normalized spacial score (nSPS) is 17.8. The zero-order chi connectivity index (χ0) is 21.3. The van der Waals surface area contributed by atoms with E-state index < -0.39 is 14.8 Å². The zero-order valence-corrected chi connectivity index (χ0v) is 17.1. The van der Waals surface area contributed by atoms with E-state index in [2.05, 4.69) is 15.6 Å². The van der Waals surface area contributed by atoms with Gasteiger partial charge in [0.25, 0.3) is 0 Å². The summed E-state index contributed by atoms with van der Waals surface area (Å²) in [5.41, 5.74) is 1.87. The summed E-state index contributed by atoms with van der Waals surface area (Å²) in [7, 11) is -3.10.